The summed E-state index contributed by atoms with van der Waals surface area (Å²) in [5.41, 5.74) is 35.5. The quantitative estimate of drug-likeness (QED) is 0.142. The summed E-state index contributed by atoms with van der Waals surface area (Å²) in [6.07, 6.45) is 0. The molecular weight excluding hydrogens is 1250 g/mol. The highest BCUT2D eigenvalue weighted by molar-refractivity contribution is 6.05. The van der Waals surface area contributed by atoms with E-state index in [9.17, 15) is 0 Å². The van der Waals surface area contributed by atoms with Gasteiger partial charge in [0.2, 0.25) is 0 Å². The summed E-state index contributed by atoms with van der Waals surface area (Å²) < 4.78 is 0. The fourth-order valence-corrected chi connectivity index (χ4v) is 15.8. The first-order valence-electron chi connectivity index (χ1n) is 37.1. The van der Waals surface area contributed by atoms with Crippen LogP contribution < -0.4 is 0 Å². The smallest absolute Gasteiger partial charge is 0.0744 e. The summed E-state index contributed by atoms with van der Waals surface area (Å²) in [5, 5.41) is 13.0. The number of rotatable bonds is 0. The van der Waals surface area contributed by atoms with Crippen LogP contribution in [-0.4, -0.2) is 24.9 Å². The molecule has 0 unspecified atom stereocenters. The average Bonchev–Trinajstić information content (AvgIpc) is 0.769. The second-order valence-electron chi connectivity index (χ2n) is 35.1. The minimum absolute atomic E-state index is 0.0891. The van der Waals surface area contributed by atoms with Gasteiger partial charge in [0, 0.05) is 53.9 Å². The van der Waals surface area contributed by atoms with Gasteiger partial charge in [-0.15, -0.1) is 0 Å². The number of hydrogen-bond acceptors (Lipinski definition) is 5. The summed E-state index contributed by atoms with van der Waals surface area (Å²) in [7, 11) is 0. The molecule has 5 aromatic heterocycles. The van der Waals surface area contributed by atoms with Gasteiger partial charge in [0.15, 0.2) is 0 Å². The number of benzene rings is 10. The minimum Gasteiger partial charge on any atom is -0.248 e. The number of fused-ring (bicyclic) bond motifs is 10. The van der Waals surface area contributed by atoms with Gasteiger partial charge in [-0.1, -0.05) is 217 Å². The van der Waals surface area contributed by atoms with Crippen molar-refractivity contribution in [3.63, 3.8) is 0 Å². The van der Waals surface area contributed by atoms with Gasteiger partial charge in [0.25, 0.3) is 0 Å². The van der Waals surface area contributed by atoms with E-state index in [2.05, 4.69) is 358 Å². The number of hydrogen-bond donors (Lipinski definition) is 0. The molecule has 5 heterocycles. The lowest BCUT2D eigenvalue weighted by molar-refractivity contribution is 0.600. The van der Waals surface area contributed by atoms with Crippen LogP contribution >= 0.6 is 0 Å². The standard InChI is InChI=1S/3C20H23N.2C19H21N/c1-12-7-10-16-15(11-12)18(20(4,5)6)17-13(2)8-9-14(3)19(17)21-16;1-12-7-9-16-15(11-12)19(20(4,5)6)18-14(3)13(2)8-10-17(18)21-16;1-12-7-8-16-15(10-12)19(20(4,5)6)18-14(3)9-13(2)11-17(18)21-16;1-12-7-9-16-15(10-12)18(19(3,4)5)14-8-6-13(2)11-17(14)20-16;1-12-9-10-16-15(11-12)17(19(3,4)5)14-8-6-7-13(2)18(14)20-16/h3*7-11H,1-6H3;2*6-11H,1-5H3. The summed E-state index contributed by atoms with van der Waals surface area (Å²) in [5.74, 6) is 0. The number of aromatic nitrogens is 5. The van der Waals surface area contributed by atoms with Crippen molar-refractivity contribution in [1.29, 1.82) is 0 Å². The van der Waals surface area contributed by atoms with Gasteiger partial charge in [-0.25, -0.2) is 24.9 Å². The number of pyridine rings is 5. The van der Waals surface area contributed by atoms with Crippen LogP contribution in [0.15, 0.2) is 164 Å². The molecule has 528 valence electrons. The lowest BCUT2D eigenvalue weighted by Crippen LogP contribution is -2.14. The SMILES string of the molecule is Cc1cc(C)c2c(C(C)(C)C)c3cc(C)ccc3nc2c1.Cc1ccc2c(C(C)(C)C)c3cc(C)ccc3nc2c1.Cc1ccc2nc3c(C)ccc(C)c3c(C(C)(C)C)c2c1.Cc1ccc2nc3c(C)cccc3c(C(C)(C)C)c2c1.Cc1ccc2nc3ccc(C)c(C)c3c(C(C)(C)C)c2c1. The van der Waals surface area contributed by atoms with Crippen LogP contribution in [-0.2, 0) is 27.1 Å². The average molecular weight is 1360 g/mol. The largest absolute Gasteiger partial charge is 0.248 e. The molecule has 15 rings (SSSR count). The third kappa shape index (κ3) is 15.3. The Hall–Kier alpha value is -9.45. The van der Waals surface area contributed by atoms with Crippen molar-refractivity contribution in [1.82, 2.24) is 24.9 Å². The van der Waals surface area contributed by atoms with Crippen LogP contribution in [0.2, 0.25) is 0 Å². The molecule has 15 aromatic rings. The predicted octanol–water partition coefficient (Wildman–Crippen LogP) is 27.4. The first-order chi connectivity index (χ1) is 48.1. The van der Waals surface area contributed by atoms with Crippen molar-refractivity contribution >= 4 is 109 Å². The molecule has 0 atom stereocenters. The van der Waals surface area contributed by atoms with E-state index in [1.165, 1.54) is 154 Å². The van der Waals surface area contributed by atoms with Crippen molar-refractivity contribution in [2.75, 3.05) is 0 Å². The Morgan fingerprint density at radius 3 is 0.990 bits per heavy atom. The van der Waals surface area contributed by atoms with E-state index >= 15 is 0 Å². The van der Waals surface area contributed by atoms with Gasteiger partial charge >= 0.3 is 0 Å². The maximum absolute atomic E-state index is 4.95. The molecule has 10 aromatic carbocycles. The summed E-state index contributed by atoms with van der Waals surface area (Å²) >= 11 is 0. The first kappa shape index (κ1) is 74.7. The van der Waals surface area contributed by atoms with E-state index in [0.717, 1.165) is 55.2 Å². The summed E-state index contributed by atoms with van der Waals surface area (Å²) in [4.78, 5) is 24.5. The molecule has 0 fully saturated rings. The predicted molar refractivity (Wildman–Crippen MR) is 451 cm³/mol. The van der Waals surface area contributed by atoms with Gasteiger partial charge < -0.3 is 0 Å². The van der Waals surface area contributed by atoms with Crippen LogP contribution in [0.1, 0.15) is 204 Å². The Balaban J connectivity index is 0.000000129. The van der Waals surface area contributed by atoms with Gasteiger partial charge in [-0.2, -0.15) is 0 Å². The molecule has 0 saturated carbocycles. The van der Waals surface area contributed by atoms with E-state index in [4.69, 9.17) is 24.9 Å². The monoisotopic (exact) mass is 1360 g/mol. The van der Waals surface area contributed by atoms with Crippen molar-refractivity contribution in [3.8, 4) is 0 Å². The maximum Gasteiger partial charge on any atom is 0.0744 e. The lowest BCUT2D eigenvalue weighted by Gasteiger charge is -2.25. The normalized spacial score (nSPS) is 12.3. The lowest BCUT2D eigenvalue weighted by atomic mass is 9.80. The maximum atomic E-state index is 4.95. The fraction of sp³-hybridized carbons (Fsp3) is 0.337. The molecule has 5 heteroatoms. The third-order valence-corrected chi connectivity index (χ3v) is 20.5. The van der Waals surface area contributed by atoms with Gasteiger partial charge in [0.05, 0.1) is 55.2 Å². The zero-order chi connectivity index (χ0) is 75.1. The summed E-state index contributed by atoms with van der Waals surface area (Å²) in [6.45, 7) is 62.5. The Kier molecular flexibility index (Phi) is 20.3. The van der Waals surface area contributed by atoms with E-state index in [1.54, 1.807) is 0 Å². The Bertz CT molecular complexity index is 5810. The Labute approximate surface area is 615 Å². The van der Waals surface area contributed by atoms with E-state index in [1.807, 2.05) is 0 Å². The topological polar surface area (TPSA) is 64.5 Å². The number of para-hydroxylation sites is 1. The molecule has 0 N–H and O–H groups in total. The zero-order valence-electron chi connectivity index (χ0n) is 67.3. The van der Waals surface area contributed by atoms with Crippen molar-refractivity contribution < 1.29 is 0 Å². The molecule has 0 amide bonds. The number of nitrogens with zero attached hydrogens (tertiary/aromatic N) is 5. The van der Waals surface area contributed by atoms with Gasteiger partial charge in [-0.3, -0.25) is 0 Å². The molecule has 0 aliphatic carbocycles. The van der Waals surface area contributed by atoms with Crippen molar-refractivity contribution in [2.45, 2.75) is 221 Å². The molecule has 0 bridgehead atoms. The van der Waals surface area contributed by atoms with Crippen LogP contribution in [0.3, 0.4) is 0 Å². The van der Waals surface area contributed by atoms with E-state index in [-0.39, 0.29) is 27.1 Å². The molecule has 0 spiro atoms. The Morgan fingerprint density at radius 1 is 0.194 bits per heavy atom. The molecule has 103 heavy (non-hydrogen) atoms. The first-order valence-corrected chi connectivity index (χ1v) is 37.1. The highest BCUT2D eigenvalue weighted by Crippen LogP contribution is 2.43. The van der Waals surface area contributed by atoms with Gasteiger partial charge in [0.1, 0.15) is 0 Å². The van der Waals surface area contributed by atoms with E-state index in [0.29, 0.717) is 0 Å². The van der Waals surface area contributed by atoms with Crippen LogP contribution in [0, 0.1) is 90.0 Å². The number of aryl methyl sites for hydroxylation is 13. The summed E-state index contributed by atoms with van der Waals surface area (Å²) in [6, 6.07) is 59.1. The molecule has 0 saturated heterocycles. The highest BCUT2D eigenvalue weighted by atomic mass is 14.7. The van der Waals surface area contributed by atoms with Crippen LogP contribution in [0.4, 0.5) is 0 Å². The third-order valence-electron chi connectivity index (χ3n) is 20.5. The van der Waals surface area contributed by atoms with Crippen molar-refractivity contribution in [2.24, 2.45) is 0 Å². The minimum atomic E-state index is 0.0891. The van der Waals surface area contributed by atoms with E-state index < -0.39 is 0 Å². The second kappa shape index (κ2) is 28.0. The zero-order valence-corrected chi connectivity index (χ0v) is 67.3. The van der Waals surface area contributed by atoms with Crippen LogP contribution in [0.25, 0.3) is 109 Å². The Morgan fingerprint density at radius 2 is 0.524 bits per heavy atom. The fourth-order valence-electron chi connectivity index (χ4n) is 15.8. The van der Waals surface area contributed by atoms with Gasteiger partial charge in [-0.05, 0) is 268 Å². The highest BCUT2D eigenvalue weighted by Gasteiger charge is 2.28. The van der Waals surface area contributed by atoms with Crippen molar-refractivity contribution in [3.05, 3.63) is 264 Å². The molecule has 0 aliphatic heterocycles. The second-order valence-corrected chi connectivity index (χ2v) is 35.1. The molecule has 0 radical (unpaired) electrons. The molecule has 0 aliphatic rings. The van der Waals surface area contributed by atoms with Crippen LogP contribution in [0.5, 0.6) is 0 Å². The molecule has 5 nitrogen and oxygen atoms in total. The molecular formula is C98H111N5.